The van der Waals surface area contributed by atoms with Gasteiger partial charge in [-0.1, -0.05) is 13.2 Å². The van der Waals surface area contributed by atoms with Crippen LogP contribution in [-0.2, 0) is 27.9 Å². The third-order valence-corrected chi connectivity index (χ3v) is 6.66. The molecule has 0 saturated heterocycles. The molecule has 0 amide bonds. The summed E-state index contributed by atoms with van der Waals surface area (Å²) < 4.78 is 21.2. The predicted molar refractivity (Wildman–Crippen MR) is 85.5 cm³/mol. The van der Waals surface area contributed by atoms with Crippen LogP contribution >= 0.6 is 0 Å². The highest BCUT2D eigenvalue weighted by atomic mass is 28.4. The van der Waals surface area contributed by atoms with Gasteiger partial charge in [-0.3, -0.25) is 0 Å². The number of hydrogen-bond acceptors (Lipinski definition) is 6. The standard InChI is InChI=1S/C15H26O6Si/c1-12(2)14(16)20-8-7-10-22(18-5,19-6)11-9-21-15(17)13(3)4/h1,3,7-11H2,2,4-6H3. The van der Waals surface area contributed by atoms with E-state index in [2.05, 4.69) is 13.2 Å². The lowest BCUT2D eigenvalue weighted by atomic mass is 10.4. The zero-order chi connectivity index (χ0) is 17.2. The lowest BCUT2D eigenvalue weighted by molar-refractivity contribution is -0.139. The molecule has 0 aromatic carbocycles. The van der Waals surface area contributed by atoms with Gasteiger partial charge in [0.05, 0.1) is 13.2 Å². The maximum atomic E-state index is 11.4. The van der Waals surface area contributed by atoms with E-state index in [-0.39, 0.29) is 13.2 Å². The van der Waals surface area contributed by atoms with E-state index in [1.54, 1.807) is 28.1 Å². The van der Waals surface area contributed by atoms with Gasteiger partial charge in [-0.05, 0) is 26.3 Å². The molecular weight excluding hydrogens is 304 g/mol. The van der Waals surface area contributed by atoms with Crippen LogP contribution in [0.5, 0.6) is 0 Å². The summed E-state index contributed by atoms with van der Waals surface area (Å²) in [5.41, 5.74) is 0.725. The van der Waals surface area contributed by atoms with Crippen molar-refractivity contribution < 1.29 is 27.9 Å². The molecule has 0 radical (unpaired) electrons. The van der Waals surface area contributed by atoms with Gasteiger partial charge < -0.3 is 18.3 Å². The van der Waals surface area contributed by atoms with Crippen LogP contribution in [0.15, 0.2) is 24.3 Å². The molecule has 0 aliphatic carbocycles. The molecule has 0 aliphatic rings. The fourth-order valence-corrected chi connectivity index (χ4v) is 4.00. The first-order valence-electron chi connectivity index (χ1n) is 7.03. The smallest absolute Gasteiger partial charge is 0.341 e. The molecule has 0 aromatic heterocycles. The normalized spacial score (nSPS) is 10.9. The predicted octanol–water partition coefficient (Wildman–Crippen LogP) is 2.35. The van der Waals surface area contributed by atoms with E-state index in [4.69, 9.17) is 18.3 Å². The molecular formula is C15H26O6Si. The molecule has 0 N–H and O–H groups in total. The SMILES string of the molecule is C=C(C)C(=O)OCCC[Si](CCOC(=O)C(=C)C)(OC)OC. The molecule has 0 unspecified atom stereocenters. The number of ether oxygens (including phenoxy) is 2. The molecule has 0 aliphatic heterocycles. The van der Waals surface area contributed by atoms with Gasteiger partial charge in [0, 0.05) is 31.4 Å². The van der Waals surface area contributed by atoms with Crippen LogP contribution in [0.1, 0.15) is 20.3 Å². The van der Waals surface area contributed by atoms with Crippen LogP contribution in [0.2, 0.25) is 12.1 Å². The van der Waals surface area contributed by atoms with Gasteiger partial charge in [0.15, 0.2) is 0 Å². The van der Waals surface area contributed by atoms with E-state index in [1.807, 2.05) is 0 Å². The van der Waals surface area contributed by atoms with Crippen LogP contribution in [0.3, 0.4) is 0 Å². The summed E-state index contributed by atoms with van der Waals surface area (Å²) in [4.78, 5) is 22.6. The van der Waals surface area contributed by atoms with Gasteiger partial charge in [0.1, 0.15) is 0 Å². The van der Waals surface area contributed by atoms with Crippen molar-refractivity contribution in [3.8, 4) is 0 Å². The van der Waals surface area contributed by atoms with Crippen molar-refractivity contribution >= 4 is 20.5 Å². The summed E-state index contributed by atoms with van der Waals surface area (Å²) in [5, 5.41) is 0. The zero-order valence-electron chi connectivity index (χ0n) is 13.9. The average Bonchev–Trinajstić information content (AvgIpc) is 2.49. The molecule has 0 bridgehead atoms. The summed E-state index contributed by atoms with van der Waals surface area (Å²) in [6.07, 6.45) is 0.612. The van der Waals surface area contributed by atoms with Crippen LogP contribution < -0.4 is 0 Å². The van der Waals surface area contributed by atoms with Crippen molar-refractivity contribution in [3.63, 3.8) is 0 Å². The van der Waals surface area contributed by atoms with Crippen molar-refractivity contribution in [1.82, 2.24) is 0 Å². The highest BCUT2D eigenvalue weighted by Gasteiger charge is 2.35. The lowest BCUT2D eigenvalue weighted by Crippen LogP contribution is -2.41. The zero-order valence-corrected chi connectivity index (χ0v) is 14.9. The van der Waals surface area contributed by atoms with Gasteiger partial charge in [-0.25, -0.2) is 9.59 Å². The Morgan fingerprint density at radius 3 is 1.73 bits per heavy atom. The number of carbonyl (C=O) groups excluding carboxylic acids is 2. The lowest BCUT2D eigenvalue weighted by Gasteiger charge is -2.27. The Morgan fingerprint density at radius 1 is 0.864 bits per heavy atom. The first-order chi connectivity index (χ1) is 10.3. The summed E-state index contributed by atoms with van der Waals surface area (Å²) in [7, 11) is 0.694. The van der Waals surface area contributed by atoms with Gasteiger partial charge in [0.2, 0.25) is 0 Å². The van der Waals surface area contributed by atoms with E-state index >= 15 is 0 Å². The maximum Gasteiger partial charge on any atom is 0.341 e. The van der Waals surface area contributed by atoms with Crippen LogP contribution in [0, 0.1) is 0 Å². The van der Waals surface area contributed by atoms with E-state index in [0.717, 1.165) is 0 Å². The third-order valence-electron chi connectivity index (χ3n) is 3.09. The highest BCUT2D eigenvalue weighted by molar-refractivity contribution is 6.67. The Kier molecular flexibility index (Phi) is 9.63. The van der Waals surface area contributed by atoms with Crippen LogP contribution in [0.4, 0.5) is 0 Å². The molecule has 0 heterocycles. The second-order valence-electron chi connectivity index (χ2n) is 5.00. The van der Waals surface area contributed by atoms with E-state index < -0.39 is 20.5 Å². The monoisotopic (exact) mass is 330 g/mol. The molecule has 126 valence electrons. The minimum atomic E-state index is -2.46. The number of esters is 2. The number of carbonyl (C=O) groups is 2. The molecule has 0 aromatic rings. The molecule has 0 rings (SSSR count). The first-order valence-corrected chi connectivity index (χ1v) is 9.26. The first kappa shape index (κ1) is 20.6. The van der Waals surface area contributed by atoms with Crippen molar-refractivity contribution in [3.05, 3.63) is 24.3 Å². The van der Waals surface area contributed by atoms with Crippen molar-refractivity contribution in [1.29, 1.82) is 0 Å². The van der Waals surface area contributed by atoms with Crippen molar-refractivity contribution in [2.75, 3.05) is 27.4 Å². The summed E-state index contributed by atoms with van der Waals surface area (Å²) in [6.45, 7) is 10.7. The summed E-state index contributed by atoms with van der Waals surface area (Å²) >= 11 is 0. The van der Waals surface area contributed by atoms with E-state index in [0.29, 0.717) is 29.7 Å². The van der Waals surface area contributed by atoms with Crippen LogP contribution in [-0.4, -0.2) is 47.9 Å². The third kappa shape index (κ3) is 7.53. The maximum absolute atomic E-state index is 11.4. The minimum Gasteiger partial charge on any atom is -0.462 e. The van der Waals surface area contributed by atoms with Crippen molar-refractivity contribution in [2.24, 2.45) is 0 Å². The average molecular weight is 330 g/mol. The minimum absolute atomic E-state index is 0.213. The number of rotatable bonds is 11. The Hall–Kier alpha value is -1.44. The highest BCUT2D eigenvalue weighted by Crippen LogP contribution is 2.20. The molecule has 0 atom stereocenters. The van der Waals surface area contributed by atoms with Gasteiger partial charge >= 0.3 is 20.5 Å². The van der Waals surface area contributed by atoms with Crippen LogP contribution in [0.25, 0.3) is 0 Å². The van der Waals surface area contributed by atoms with Gasteiger partial charge in [0.25, 0.3) is 0 Å². The Labute approximate surface area is 133 Å². The second-order valence-corrected chi connectivity index (χ2v) is 8.64. The fourth-order valence-electron chi connectivity index (χ4n) is 1.67. The Morgan fingerprint density at radius 2 is 1.32 bits per heavy atom. The van der Waals surface area contributed by atoms with Crippen molar-refractivity contribution in [2.45, 2.75) is 32.4 Å². The molecule has 7 heteroatoms. The molecule has 22 heavy (non-hydrogen) atoms. The van der Waals surface area contributed by atoms with E-state index in [1.165, 1.54) is 0 Å². The summed E-state index contributed by atoms with van der Waals surface area (Å²) in [6, 6.07) is 1.14. The Balaban J connectivity index is 4.26. The van der Waals surface area contributed by atoms with E-state index in [9.17, 15) is 9.59 Å². The number of hydrogen-bond donors (Lipinski definition) is 0. The Bertz CT molecular complexity index is 414. The summed E-state index contributed by atoms with van der Waals surface area (Å²) in [5.74, 6) is -0.831. The molecule has 0 spiro atoms. The molecule has 0 saturated carbocycles. The molecule has 0 fully saturated rings. The van der Waals surface area contributed by atoms with Gasteiger partial charge in [-0.2, -0.15) is 0 Å². The largest absolute Gasteiger partial charge is 0.462 e. The second kappa shape index (κ2) is 10.3. The topological polar surface area (TPSA) is 71.1 Å². The fraction of sp³-hybridized carbons (Fsp3) is 0.600. The quantitative estimate of drug-likeness (QED) is 0.251. The molecule has 6 nitrogen and oxygen atoms in total. The van der Waals surface area contributed by atoms with Gasteiger partial charge in [-0.15, -0.1) is 0 Å².